The molecule has 0 aliphatic heterocycles. The summed E-state index contributed by atoms with van der Waals surface area (Å²) in [6, 6.07) is 3.01. The van der Waals surface area contributed by atoms with Crippen LogP contribution in [0.5, 0.6) is 0 Å². The second-order valence-electron chi connectivity index (χ2n) is 2.49. The first-order valence-electron chi connectivity index (χ1n) is 3.75. The van der Waals surface area contributed by atoms with Gasteiger partial charge in [-0.3, -0.25) is 0 Å². The molecule has 0 radical (unpaired) electrons. The number of pyridine rings is 1. The SMILES string of the molecule is C=C(Br)CSc1cc(C(=O)O)ccn1. The number of aromatic nitrogens is 1. The van der Waals surface area contributed by atoms with E-state index in [1.165, 1.54) is 24.0 Å². The van der Waals surface area contributed by atoms with E-state index in [2.05, 4.69) is 27.5 Å². The van der Waals surface area contributed by atoms with Crippen molar-refractivity contribution < 1.29 is 9.90 Å². The van der Waals surface area contributed by atoms with Gasteiger partial charge in [0, 0.05) is 11.9 Å². The van der Waals surface area contributed by atoms with Gasteiger partial charge in [0.15, 0.2) is 0 Å². The van der Waals surface area contributed by atoms with Crippen molar-refractivity contribution in [2.75, 3.05) is 5.75 Å². The van der Waals surface area contributed by atoms with Crippen LogP contribution in [-0.2, 0) is 0 Å². The zero-order valence-corrected chi connectivity index (χ0v) is 9.64. The molecule has 0 saturated carbocycles. The van der Waals surface area contributed by atoms with Crippen LogP contribution in [0.15, 0.2) is 34.4 Å². The highest BCUT2D eigenvalue weighted by Gasteiger charge is 2.04. The lowest BCUT2D eigenvalue weighted by Gasteiger charge is -2.00. The van der Waals surface area contributed by atoms with Gasteiger partial charge < -0.3 is 5.11 Å². The summed E-state index contributed by atoms with van der Waals surface area (Å²) < 4.78 is 0.852. The average molecular weight is 274 g/mol. The van der Waals surface area contributed by atoms with Gasteiger partial charge in [-0.05, 0) is 16.6 Å². The van der Waals surface area contributed by atoms with Gasteiger partial charge >= 0.3 is 5.97 Å². The molecule has 1 rings (SSSR count). The molecule has 0 saturated heterocycles. The molecule has 0 aromatic carbocycles. The van der Waals surface area contributed by atoms with Crippen molar-refractivity contribution in [2.45, 2.75) is 5.03 Å². The first-order chi connectivity index (χ1) is 6.59. The van der Waals surface area contributed by atoms with Crippen LogP contribution < -0.4 is 0 Å². The number of hydrogen-bond donors (Lipinski definition) is 1. The maximum atomic E-state index is 10.6. The Hall–Kier alpha value is -0.810. The number of nitrogens with zero attached hydrogens (tertiary/aromatic N) is 1. The minimum absolute atomic E-state index is 0.252. The fraction of sp³-hybridized carbons (Fsp3) is 0.111. The Morgan fingerprint density at radius 3 is 3.00 bits per heavy atom. The summed E-state index contributed by atoms with van der Waals surface area (Å²) >= 11 is 4.66. The molecule has 0 fully saturated rings. The number of aromatic carboxylic acids is 1. The van der Waals surface area contributed by atoms with E-state index in [1.54, 1.807) is 6.07 Å². The standard InChI is InChI=1S/C9H8BrNO2S/c1-6(10)5-14-8-4-7(9(12)13)2-3-11-8/h2-4H,1,5H2,(H,12,13). The summed E-state index contributed by atoms with van der Waals surface area (Å²) in [6.07, 6.45) is 1.49. The van der Waals surface area contributed by atoms with Crippen LogP contribution in [0.2, 0.25) is 0 Å². The number of halogens is 1. The van der Waals surface area contributed by atoms with Crippen LogP contribution >= 0.6 is 27.7 Å². The largest absolute Gasteiger partial charge is 0.478 e. The summed E-state index contributed by atoms with van der Waals surface area (Å²) in [5, 5.41) is 9.41. The van der Waals surface area contributed by atoms with E-state index < -0.39 is 5.97 Å². The third kappa shape index (κ3) is 3.51. The third-order valence-corrected chi connectivity index (χ3v) is 3.02. The molecule has 1 aromatic heterocycles. The maximum absolute atomic E-state index is 10.6. The molecular weight excluding hydrogens is 266 g/mol. The highest BCUT2D eigenvalue weighted by atomic mass is 79.9. The van der Waals surface area contributed by atoms with Gasteiger partial charge in [0.1, 0.15) is 0 Å². The van der Waals surface area contributed by atoms with Crippen molar-refractivity contribution in [2.24, 2.45) is 0 Å². The zero-order chi connectivity index (χ0) is 10.6. The minimum Gasteiger partial charge on any atom is -0.478 e. The van der Waals surface area contributed by atoms with E-state index in [4.69, 9.17) is 5.11 Å². The second-order valence-corrected chi connectivity index (χ2v) is 4.61. The molecule has 3 nitrogen and oxygen atoms in total. The van der Waals surface area contributed by atoms with Gasteiger partial charge in [0.25, 0.3) is 0 Å². The topological polar surface area (TPSA) is 50.2 Å². The maximum Gasteiger partial charge on any atom is 0.335 e. The average Bonchev–Trinajstić information content (AvgIpc) is 2.15. The number of carboxylic acid groups (broad SMARTS) is 1. The van der Waals surface area contributed by atoms with Gasteiger partial charge in [-0.15, -0.1) is 11.8 Å². The van der Waals surface area contributed by atoms with Crippen LogP contribution in [0.1, 0.15) is 10.4 Å². The Morgan fingerprint density at radius 1 is 1.71 bits per heavy atom. The van der Waals surface area contributed by atoms with Crippen molar-refractivity contribution in [3.05, 3.63) is 35.0 Å². The van der Waals surface area contributed by atoms with Gasteiger partial charge in [0.05, 0.1) is 10.6 Å². The third-order valence-electron chi connectivity index (χ3n) is 1.36. The highest BCUT2D eigenvalue weighted by molar-refractivity contribution is 9.11. The van der Waals surface area contributed by atoms with Gasteiger partial charge in [0.2, 0.25) is 0 Å². The van der Waals surface area contributed by atoms with Crippen molar-refractivity contribution in [1.82, 2.24) is 4.98 Å². The molecule has 0 bridgehead atoms. The molecule has 0 aliphatic rings. The van der Waals surface area contributed by atoms with Crippen molar-refractivity contribution in [3.63, 3.8) is 0 Å². The lowest BCUT2D eigenvalue weighted by molar-refractivity contribution is 0.0696. The van der Waals surface area contributed by atoms with Gasteiger partial charge in [-0.1, -0.05) is 22.5 Å². The fourth-order valence-corrected chi connectivity index (χ4v) is 1.77. The Morgan fingerprint density at radius 2 is 2.43 bits per heavy atom. The summed E-state index contributed by atoms with van der Waals surface area (Å²) in [6.45, 7) is 3.68. The van der Waals surface area contributed by atoms with E-state index >= 15 is 0 Å². The van der Waals surface area contributed by atoms with E-state index in [9.17, 15) is 4.79 Å². The number of thioether (sulfide) groups is 1. The molecule has 5 heteroatoms. The molecule has 0 spiro atoms. The Balaban J connectivity index is 2.73. The van der Waals surface area contributed by atoms with E-state index in [0.29, 0.717) is 10.8 Å². The molecule has 14 heavy (non-hydrogen) atoms. The predicted octanol–water partition coefficient (Wildman–Crippen LogP) is 2.78. The van der Waals surface area contributed by atoms with Crippen LogP contribution in [0.4, 0.5) is 0 Å². The highest BCUT2D eigenvalue weighted by Crippen LogP contribution is 2.20. The number of carbonyl (C=O) groups is 1. The van der Waals surface area contributed by atoms with Crippen molar-refractivity contribution in [3.8, 4) is 0 Å². The van der Waals surface area contributed by atoms with Gasteiger partial charge in [-0.25, -0.2) is 9.78 Å². The first kappa shape index (κ1) is 11.3. The predicted molar refractivity (Wildman–Crippen MR) is 60.0 cm³/mol. The summed E-state index contributed by atoms with van der Waals surface area (Å²) in [5.41, 5.74) is 0.252. The lowest BCUT2D eigenvalue weighted by atomic mass is 10.3. The van der Waals surface area contributed by atoms with Crippen LogP contribution in [0.3, 0.4) is 0 Å². The smallest absolute Gasteiger partial charge is 0.335 e. The number of rotatable bonds is 4. The van der Waals surface area contributed by atoms with Gasteiger partial charge in [-0.2, -0.15) is 0 Å². The van der Waals surface area contributed by atoms with E-state index in [1.807, 2.05) is 0 Å². The van der Waals surface area contributed by atoms with E-state index in [0.717, 1.165) is 4.48 Å². The monoisotopic (exact) mass is 273 g/mol. The zero-order valence-electron chi connectivity index (χ0n) is 7.24. The van der Waals surface area contributed by atoms with Crippen LogP contribution in [-0.4, -0.2) is 21.8 Å². The minimum atomic E-state index is -0.938. The normalized spacial score (nSPS) is 9.79. The molecule has 0 atom stereocenters. The quantitative estimate of drug-likeness (QED) is 0.858. The van der Waals surface area contributed by atoms with Crippen LogP contribution in [0, 0.1) is 0 Å². The molecule has 0 aliphatic carbocycles. The Kier molecular flexibility index (Phi) is 4.16. The summed E-state index contributed by atoms with van der Waals surface area (Å²) in [7, 11) is 0. The molecule has 74 valence electrons. The Labute approximate surface area is 94.4 Å². The number of hydrogen-bond acceptors (Lipinski definition) is 3. The number of carboxylic acids is 1. The molecule has 0 amide bonds. The molecule has 1 aromatic rings. The van der Waals surface area contributed by atoms with Crippen molar-refractivity contribution >= 4 is 33.7 Å². The molecular formula is C9H8BrNO2S. The summed E-state index contributed by atoms with van der Waals surface area (Å²) in [4.78, 5) is 14.7. The Bertz CT molecular complexity index is 368. The molecule has 1 heterocycles. The lowest BCUT2D eigenvalue weighted by Crippen LogP contribution is -1.96. The van der Waals surface area contributed by atoms with E-state index in [-0.39, 0.29) is 5.56 Å². The van der Waals surface area contributed by atoms with Crippen LogP contribution in [0.25, 0.3) is 0 Å². The molecule has 1 N–H and O–H groups in total. The molecule has 0 unspecified atom stereocenters. The fourth-order valence-electron chi connectivity index (χ4n) is 0.774. The first-order valence-corrected chi connectivity index (χ1v) is 5.53. The summed E-state index contributed by atoms with van der Waals surface area (Å²) in [5.74, 6) is -0.261. The second kappa shape index (κ2) is 5.17. The van der Waals surface area contributed by atoms with Crippen molar-refractivity contribution in [1.29, 1.82) is 0 Å².